The molecule has 4 aromatic carbocycles. The highest BCUT2D eigenvalue weighted by molar-refractivity contribution is 7.91. The molecular formula is C47H56F2N4O9S2. The second-order valence-corrected chi connectivity index (χ2v) is 21.0. The lowest BCUT2D eigenvalue weighted by Crippen LogP contribution is -2.49. The molecule has 2 amide bonds. The quantitative estimate of drug-likeness (QED) is 0.132. The molecule has 0 radical (unpaired) electrons. The van der Waals surface area contributed by atoms with Crippen molar-refractivity contribution in [2.45, 2.75) is 75.4 Å². The van der Waals surface area contributed by atoms with Gasteiger partial charge in [-0.05, 0) is 99.5 Å². The minimum atomic E-state index is -3.61. The number of hydrogen-bond donors (Lipinski definition) is 0. The molecule has 6 rings (SSSR count). The molecule has 0 N–H and O–H groups in total. The average molecular weight is 923 g/mol. The zero-order valence-electron chi connectivity index (χ0n) is 37.4. The highest BCUT2D eigenvalue weighted by Gasteiger charge is 2.33. The molecule has 0 saturated carbocycles. The van der Waals surface area contributed by atoms with Crippen molar-refractivity contribution in [3.63, 3.8) is 0 Å². The summed E-state index contributed by atoms with van der Waals surface area (Å²) in [7, 11) is -7.22. The number of hydrogen-bond acceptors (Lipinski definition) is 11. The van der Waals surface area contributed by atoms with Crippen LogP contribution in [0.2, 0.25) is 0 Å². The summed E-state index contributed by atoms with van der Waals surface area (Å²) in [6.45, 7) is 12.9. The number of nitrogens with zero attached hydrogens (tertiary/aromatic N) is 4. The Kier molecular flexibility index (Phi) is 14.4. The summed E-state index contributed by atoms with van der Waals surface area (Å²) in [5.41, 5.74) is 2.44. The van der Waals surface area contributed by atoms with Gasteiger partial charge in [-0.1, -0.05) is 26.0 Å². The highest BCUT2D eigenvalue weighted by atomic mass is 32.2. The van der Waals surface area contributed by atoms with Crippen molar-refractivity contribution in [1.29, 1.82) is 0 Å². The van der Waals surface area contributed by atoms with Crippen LogP contribution in [0.1, 0.15) is 85.2 Å². The van der Waals surface area contributed by atoms with Crippen LogP contribution in [0.4, 0.5) is 20.2 Å². The first kappa shape index (κ1) is 47.9. The zero-order valence-corrected chi connectivity index (χ0v) is 39.1. The van der Waals surface area contributed by atoms with Crippen LogP contribution in [0.15, 0.2) is 82.6 Å². The van der Waals surface area contributed by atoms with Gasteiger partial charge in [-0.2, -0.15) is 0 Å². The fraction of sp³-hybridized carbons (Fsp3) is 0.426. The monoisotopic (exact) mass is 922 g/mol. The summed E-state index contributed by atoms with van der Waals surface area (Å²) in [5, 5.41) is 0. The van der Waals surface area contributed by atoms with Gasteiger partial charge in [-0.15, -0.1) is 0 Å². The SMILES string of the molecule is CC(C)Oc1ccc(S(C)(=O)=O)cc1C(=O)N1CCN(c2cc(F)ccc2C(C)C(=O)C(C)c2ccc(F)cc2N2CCN(C(=O)c3cc(S(C)(=O)=O)ccc3OC(C)C)CC2)CC1. The second kappa shape index (κ2) is 19.3. The summed E-state index contributed by atoms with van der Waals surface area (Å²) >= 11 is 0. The molecule has 2 saturated heterocycles. The molecular weight excluding hydrogens is 867 g/mol. The lowest BCUT2D eigenvalue weighted by Gasteiger charge is -2.38. The van der Waals surface area contributed by atoms with Gasteiger partial charge in [0.1, 0.15) is 28.9 Å². The maximum atomic E-state index is 15.0. The predicted molar refractivity (Wildman–Crippen MR) is 242 cm³/mol. The zero-order chi connectivity index (χ0) is 46.8. The van der Waals surface area contributed by atoms with E-state index >= 15 is 0 Å². The lowest BCUT2D eigenvalue weighted by atomic mass is 9.84. The summed E-state index contributed by atoms with van der Waals surface area (Å²) < 4.78 is 91.1. The predicted octanol–water partition coefficient (Wildman–Crippen LogP) is 6.75. The number of piperazine rings is 2. The standard InChI is InChI=1S/C47H56F2N4O9S2/c1-29(2)61-43-15-11-35(63(7,57)58)27-39(43)46(55)52-21-17-50(18-22-52)41-25-33(48)9-13-37(41)31(5)45(54)32(6)38-14-10-34(49)26-42(38)51-19-23-53(24-20-51)47(56)40-28-36(64(8,59)60)12-16-44(40)62-30(3)4/h9-16,25-32H,17-24H2,1-8H3. The van der Waals surface area contributed by atoms with Gasteiger partial charge in [0.2, 0.25) is 0 Å². The molecule has 0 spiro atoms. The first-order valence-electron chi connectivity index (χ1n) is 21.3. The Bertz CT molecular complexity index is 2460. The van der Waals surface area contributed by atoms with E-state index in [4.69, 9.17) is 9.47 Å². The van der Waals surface area contributed by atoms with Crippen molar-refractivity contribution >= 4 is 48.6 Å². The van der Waals surface area contributed by atoms with Gasteiger partial charge in [0.15, 0.2) is 19.7 Å². The number of anilines is 2. The minimum absolute atomic E-state index is 0.00640. The third-order valence-corrected chi connectivity index (χ3v) is 13.8. The van der Waals surface area contributed by atoms with Gasteiger partial charge in [0, 0.05) is 88.1 Å². The van der Waals surface area contributed by atoms with E-state index < -0.39 is 55.0 Å². The van der Waals surface area contributed by atoms with Crippen molar-refractivity contribution in [3.05, 3.63) is 107 Å². The Morgan fingerprint density at radius 3 is 1.17 bits per heavy atom. The molecule has 0 aliphatic carbocycles. The number of sulfone groups is 2. The molecule has 0 aromatic heterocycles. The molecule has 2 heterocycles. The normalized spacial score (nSPS) is 15.9. The van der Waals surface area contributed by atoms with Gasteiger partial charge in [-0.25, -0.2) is 25.6 Å². The third kappa shape index (κ3) is 10.9. The number of carbonyl (C=O) groups is 3. The molecule has 64 heavy (non-hydrogen) atoms. The first-order chi connectivity index (χ1) is 30.0. The van der Waals surface area contributed by atoms with Gasteiger partial charge in [-0.3, -0.25) is 14.4 Å². The first-order valence-corrected chi connectivity index (χ1v) is 25.0. The van der Waals surface area contributed by atoms with Crippen molar-refractivity contribution in [1.82, 2.24) is 9.80 Å². The maximum Gasteiger partial charge on any atom is 0.257 e. The van der Waals surface area contributed by atoms with E-state index in [0.29, 0.717) is 48.7 Å². The third-order valence-electron chi connectivity index (χ3n) is 11.5. The Morgan fingerprint density at radius 1 is 0.516 bits per heavy atom. The van der Waals surface area contributed by atoms with Crippen LogP contribution in [0.5, 0.6) is 11.5 Å². The van der Waals surface area contributed by atoms with E-state index in [0.717, 1.165) is 12.5 Å². The fourth-order valence-electron chi connectivity index (χ4n) is 8.16. The molecule has 0 bridgehead atoms. The van der Waals surface area contributed by atoms with Crippen LogP contribution >= 0.6 is 0 Å². The van der Waals surface area contributed by atoms with Gasteiger partial charge < -0.3 is 29.1 Å². The number of carbonyl (C=O) groups excluding carboxylic acids is 3. The molecule has 17 heteroatoms. The minimum Gasteiger partial charge on any atom is -0.490 e. The number of benzene rings is 4. The molecule has 344 valence electrons. The van der Waals surface area contributed by atoms with Crippen LogP contribution in [-0.2, 0) is 24.5 Å². The summed E-state index contributed by atoms with van der Waals surface area (Å²) in [4.78, 5) is 49.2. The topological polar surface area (TPSA) is 151 Å². The van der Waals surface area contributed by atoms with E-state index in [2.05, 4.69) is 0 Å². The van der Waals surface area contributed by atoms with Crippen molar-refractivity contribution in [2.75, 3.05) is 74.7 Å². The Labute approximate surface area is 374 Å². The molecule has 2 fully saturated rings. The Morgan fingerprint density at radius 2 is 0.859 bits per heavy atom. The molecule has 2 unspecified atom stereocenters. The molecule has 2 aliphatic heterocycles. The van der Waals surface area contributed by atoms with Crippen LogP contribution < -0.4 is 19.3 Å². The van der Waals surface area contributed by atoms with E-state index in [1.807, 2.05) is 9.80 Å². The molecule has 4 aromatic rings. The number of Topliss-reactive ketones (excluding diaryl/α,β-unsaturated/α-hetero) is 1. The van der Waals surface area contributed by atoms with Crippen LogP contribution in [-0.4, -0.2) is 121 Å². The number of ketones is 1. The van der Waals surface area contributed by atoms with E-state index in [-0.39, 0.29) is 76.6 Å². The second-order valence-electron chi connectivity index (χ2n) is 17.0. The summed E-state index contributed by atoms with van der Waals surface area (Å²) in [5.74, 6) is -2.88. The Hall–Kier alpha value is -5.55. The van der Waals surface area contributed by atoms with E-state index in [1.165, 1.54) is 60.7 Å². The van der Waals surface area contributed by atoms with E-state index in [1.54, 1.807) is 63.5 Å². The lowest BCUT2D eigenvalue weighted by molar-refractivity contribution is -0.121. The average Bonchev–Trinajstić information content (AvgIpc) is 3.24. The molecule has 13 nitrogen and oxygen atoms in total. The van der Waals surface area contributed by atoms with Gasteiger partial charge >= 0.3 is 0 Å². The fourth-order valence-corrected chi connectivity index (χ4v) is 9.46. The van der Waals surface area contributed by atoms with Crippen molar-refractivity contribution in [3.8, 4) is 11.5 Å². The molecule has 2 atom stereocenters. The van der Waals surface area contributed by atoms with Crippen LogP contribution in [0.25, 0.3) is 0 Å². The smallest absolute Gasteiger partial charge is 0.257 e. The van der Waals surface area contributed by atoms with Crippen molar-refractivity contribution in [2.24, 2.45) is 0 Å². The Balaban J connectivity index is 1.17. The molecule has 2 aliphatic rings. The van der Waals surface area contributed by atoms with Crippen LogP contribution in [0.3, 0.4) is 0 Å². The highest BCUT2D eigenvalue weighted by Crippen LogP contribution is 2.38. The summed E-state index contributed by atoms with van der Waals surface area (Å²) in [6.07, 6.45) is 1.60. The number of halogens is 2. The number of ether oxygens (including phenoxy) is 2. The van der Waals surface area contributed by atoms with E-state index in [9.17, 15) is 40.0 Å². The van der Waals surface area contributed by atoms with Gasteiger partial charge in [0.05, 0.1) is 33.1 Å². The van der Waals surface area contributed by atoms with Gasteiger partial charge in [0.25, 0.3) is 11.8 Å². The maximum absolute atomic E-state index is 15.0. The number of rotatable bonds is 14. The van der Waals surface area contributed by atoms with Crippen LogP contribution in [0, 0.1) is 11.6 Å². The largest absolute Gasteiger partial charge is 0.490 e. The summed E-state index contributed by atoms with van der Waals surface area (Å²) in [6, 6.07) is 17.0. The number of amides is 2. The van der Waals surface area contributed by atoms with Crippen molar-refractivity contribution < 1.29 is 49.5 Å².